The number of carbonyl (C=O) groups is 1. The van der Waals surface area contributed by atoms with Crippen LogP contribution < -0.4 is 10.1 Å². The average Bonchev–Trinajstić information content (AvgIpc) is 3.06. The topological polar surface area (TPSA) is 41.6 Å². The van der Waals surface area contributed by atoms with Crippen LogP contribution in [-0.4, -0.2) is 44.1 Å². The summed E-state index contributed by atoms with van der Waals surface area (Å²) in [5.74, 6) is 2.50. The van der Waals surface area contributed by atoms with E-state index in [0.29, 0.717) is 18.3 Å². The van der Waals surface area contributed by atoms with E-state index in [9.17, 15) is 4.79 Å². The molecule has 1 aromatic rings. The number of nitrogens with one attached hydrogen (secondary N) is 1. The summed E-state index contributed by atoms with van der Waals surface area (Å²) in [6.45, 7) is 4.01. The van der Waals surface area contributed by atoms with Crippen LogP contribution in [0.4, 0.5) is 0 Å². The number of hydrogen-bond donors (Lipinski definition) is 1. The molecule has 2 aliphatic rings. The molecular weight excluding hydrogens is 252 g/mol. The van der Waals surface area contributed by atoms with Crippen LogP contribution in [0.3, 0.4) is 0 Å². The molecule has 2 aliphatic heterocycles. The highest BCUT2D eigenvalue weighted by Gasteiger charge is 2.37. The van der Waals surface area contributed by atoms with Crippen LogP contribution in [0.1, 0.15) is 12.0 Å². The third kappa shape index (κ3) is 2.66. The molecule has 2 saturated heterocycles. The Bertz CT molecular complexity index is 477. The zero-order valence-electron chi connectivity index (χ0n) is 12.0. The number of rotatable bonds is 4. The lowest BCUT2D eigenvalue weighted by molar-refractivity contribution is -0.130. The third-order valence-electron chi connectivity index (χ3n) is 4.54. The van der Waals surface area contributed by atoms with Gasteiger partial charge in [-0.1, -0.05) is 18.2 Å². The standard InChI is InChI=1S/C16H22N2O2/c1-20-15-5-3-2-4-12(15)6-7-16(19)18-10-13-8-17-9-14(13)11-18/h2-5,13-14,17H,6-11H2,1H3/t13-,14+. The molecule has 1 aromatic carbocycles. The van der Waals surface area contributed by atoms with Crippen molar-refractivity contribution in [2.45, 2.75) is 12.8 Å². The SMILES string of the molecule is COc1ccccc1CCC(=O)N1C[C@H]2CNC[C@H]2C1. The molecule has 4 heteroatoms. The number of carbonyl (C=O) groups excluding carboxylic acids is 1. The smallest absolute Gasteiger partial charge is 0.222 e. The molecule has 2 atom stereocenters. The van der Waals surface area contributed by atoms with Gasteiger partial charge >= 0.3 is 0 Å². The van der Waals surface area contributed by atoms with Gasteiger partial charge in [0.2, 0.25) is 5.91 Å². The number of aryl methyl sites for hydroxylation is 1. The summed E-state index contributed by atoms with van der Waals surface area (Å²) >= 11 is 0. The van der Waals surface area contributed by atoms with Crippen molar-refractivity contribution in [1.29, 1.82) is 0 Å². The Labute approximate surface area is 120 Å². The molecule has 0 spiro atoms. The Morgan fingerprint density at radius 3 is 2.70 bits per heavy atom. The van der Waals surface area contributed by atoms with Gasteiger partial charge < -0.3 is 15.0 Å². The van der Waals surface area contributed by atoms with Crippen molar-refractivity contribution in [3.63, 3.8) is 0 Å². The second kappa shape index (κ2) is 5.83. The predicted molar refractivity (Wildman–Crippen MR) is 77.7 cm³/mol. The summed E-state index contributed by atoms with van der Waals surface area (Å²) in [6.07, 6.45) is 1.33. The van der Waals surface area contributed by atoms with Crippen molar-refractivity contribution >= 4 is 5.91 Å². The first-order valence-corrected chi connectivity index (χ1v) is 7.38. The average molecular weight is 274 g/mol. The second-order valence-electron chi connectivity index (χ2n) is 5.79. The molecule has 4 nitrogen and oxygen atoms in total. The van der Waals surface area contributed by atoms with E-state index in [1.54, 1.807) is 7.11 Å². The van der Waals surface area contributed by atoms with Crippen molar-refractivity contribution < 1.29 is 9.53 Å². The first-order chi connectivity index (χ1) is 9.78. The maximum Gasteiger partial charge on any atom is 0.222 e. The second-order valence-corrected chi connectivity index (χ2v) is 5.79. The minimum absolute atomic E-state index is 0.283. The van der Waals surface area contributed by atoms with E-state index < -0.39 is 0 Å². The molecule has 1 amide bonds. The molecule has 0 aromatic heterocycles. The summed E-state index contributed by atoms with van der Waals surface area (Å²) in [4.78, 5) is 14.4. The van der Waals surface area contributed by atoms with Crippen molar-refractivity contribution in [2.24, 2.45) is 11.8 Å². The quantitative estimate of drug-likeness (QED) is 0.900. The van der Waals surface area contributed by atoms with E-state index >= 15 is 0 Å². The Hall–Kier alpha value is -1.55. The number of amides is 1. The summed E-state index contributed by atoms with van der Waals surface area (Å²) in [5.41, 5.74) is 1.12. The van der Waals surface area contributed by atoms with Crippen molar-refractivity contribution in [2.75, 3.05) is 33.3 Å². The van der Waals surface area contributed by atoms with Crippen LogP contribution >= 0.6 is 0 Å². The fraction of sp³-hybridized carbons (Fsp3) is 0.562. The fourth-order valence-corrected chi connectivity index (χ4v) is 3.37. The van der Waals surface area contributed by atoms with Gasteiger partial charge in [0.15, 0.2) is 0 Å². The number of ether oxygens (including phenoxy) is 1. The summed E-state index contributed by atoms with van der Waals surface area (Å²) in [6, 6.07) is 7.94. The van der Waals surface area contributed by atoms with E-state index in [4.69, 9.17) is 4.74 Å². The van der Waals surface area contributed by atoms with E-state index in [1.807, 2.05) is 29.2 Å². The molecule has 108 valence electrons. The molecule has 3 rings (SSSR count). The minimum Gasteiger partial charge on any atom is -0.496 e. The predicted octanol–water partition coefficient (Wildman–Crippen LogP) is 1.31. The highest BCUT2D eigenvalue weighted by atomic mass is 16.5. The lowest BCUT2D eigenvalue weighted by Gasteiger charge is -2.17. The number of hydrogen-bond acceptors (Lipinski definition) is 3. The molecule has 1 N–H and O–H groups in total. The van der Waals surface area contributed by atoms with E-state index in [-0.39, 0.29) is 5.91 Å². The van der Waals surface area contributed by atoms with Gasteiger partial charge in [0.05, 0.1) is 7.11 Å². The van der Waals surface area contributed by atoms with Gasteiger partial charge in [-0.2, -0.15) is 0 Å². The highest BCUT2D eigenvalue weighted by Crippen LogP contribution is 2.27. The number of nitrogens with zero attached hydrogens (tertiary/aromatic N) is 1. The normalized spacial score (nSPS) is 24.8. The molecule has 20 heavy (non-hydrogen) atoms. The largest absolute Gasteiger partial charge is 0.496 e. The summed E-state index contributed by atoms with van der Waals surface area (Å²) < 4.78 is 5.33. The monoisotopic (exact) mass is 274 g/mol. The fourth-order valence-electron chi connectivity index (χ4n) is 3.37. The first kappa shape index (κ1) is 13.4. The molecule has 2 heterocycles. The summed E-state index contributed by atoms with van der Waals surface area (Å²) in [7, 11) is 1.68. The van der Waals surface area contributed by atoms with Crippen LogP contribution in [-0.2, 0) is 11.2 Å². The number of fused-ring (bicyclic) bond motifs is 1. The third-order valence-corrected chi connectivity index (χ3v) is 4.54. The van der Waals surface area contributed by atoms with Crippen LogP contribution in [0, 0.1) is 11.8 Å². The van der Waals surface area contributed by atoms with Crippen LogP contribution in [0.2, 0.25) is 0 Å². The minimum atomic E-state index is 0.283. The molecule has 0 bridgehead atoms. The first-order valence-electron chi connectivity index (χ1n) is 7.38. The van der Waals surface area contributed by atoms with Gasteiger partial charge in [0, 0.05) is 32.6 Å². The van der Waals surface area contributed by atoms with Gasteiger partial charge in [-0.25, -0.2) is 0 Å². The van der Waals surface area contributed by atoms with Crippen LogP contribution in [0.5, 0.6) is 5.75 Å². The van der Waals surface area contributed by atoms with Crippen LogP contribution in [0.15, 0.2) is 24.3 Å². The zero-order chi connectivity index (χ0) is 13.9. The number of para-hydroxylation sites is 1. The van der Waals surface area contributed by atoms with Gasteiger partial charge in [0.25, 0.3) is 0 Å². The molecule has 0 aliphatic carbocycles. The van der Waals surface area contributed by atoms with E-state index in [2.05, 4.69) is 5.32 Å². The molecule has 0 saturated carbocycles. The van der Waals surface area contributed by atoms with Gasteiger partial charge in [0.1, 0.15) is 5.75 Å². The lowest BCUT2D eigenvalue weighted by atomic mass is 10.0. The van der Waals surface area contributed by atoms with Gasteiger partial charge in [-0.15, -0.1) is 0 Å². The Balaban J connectivity index is 1.55. The number of likely N-dealkylation sites (tertiary alicyclic amines) is 1. The van der Waals surface area contributed by atoms with Crippen molar-refractivity contribution in [3.05, 3.63) is 29.8 Å². The van der Waals surface area contributed by atoms with Crippen molar-refractivity contribution in [1.82, 2.24) is 10.2 Å². The van der Waals surface area contributed by atoms with Crippen LogP contribution in [0.25, 0.3) is 0 Å². The van der Waals surface area contributed by atoms with E-state index in [0.717, 1.165) is 43.9 Å². The Morgan fingerprint density at radius 2 is 2.00 bits per heavy atom. The summed E-state index contributed by atoms with van der Waals surface area (Å²) in [5, 5.41) is 3.40. The number of benzene rings is 1. The maximum atomic E-state index is 12.3. The Morgan fingerprint density at radius 1 is 1.30 bits per heavy atom. The molecule has 0 radical (unpaired) electrons. The Kier molecular flexibility index (Phi) is 3.92. The van der Waals surface area contributed by atoms with Crippen molar-refractivity contribution in [3.8, 4) is 5.75 Å². The molecular formula is C16H22N2O2. The zero-order valence-corrected chi connectivity index (χ0v) is 12.0. The maximum absolute atomic E-state index is 12.3. The van der Waals surface area contributed by atoms with Gasteiger partial charge in [-0.05, 0) is 29.9 Å². The molecule has 2 fully saturated rings. The lowest BCUT2D eigenvalue weighted by Crippen LogP contribution is -2.32. The highest BCUT2D eigenvalue weighted by molar-refractivity contribution is 5.77. The molecule has 0 unspecified atom stereocenters. The van der Waals surface area contributed by atoms with E-state index in [1.165, 1.54) is 0 Å². The van der Waals surface area contributed by atoms with Gasteiger partial charge in [-0.3, -0.25) is 4.79 Å². The number of methoxy groups -OCH3 is 1.